The van der Waals surface area contributed by atoms with Crippen LogP contribution in [0.5, 0.6) is 0 Å². The zero-order valence-corrected chi connectivity index (χ0v) is 7.48. The smallest absolute Gasteiger partial charge is 0.281 e. The molecule has 0 aromatic heterocycles. The van der Waals surface area contributed by atoms with E-state index < -0.39 is 47.7 Å². The van der Waals surface area contributed by atoms with Gasteiger partial charge in [-0.25, -0.2) is 17.6 Å². The average Bonchev–Trinajstić information content (AvgIpc) is 2.12. The summed E-state index contributed by atoms with van der Waals surface area (Å²) in [6.45, 7) is 0. The highest BCUT2D eigenvalue weighted by Crippen LogP contribution is 2.35. The van der Waals surface area contributed by atoms with E-state index >= 15 is 0 Å². The van der Waals surface area contributed by atoms with Crippen molar-refractivity contribution in [2.24, 2.45) is 0 Å². The van der Waals surface area contributed by atoms with Gasteiger partial charge in [0.15, 0.2) is 23.3 Å². The van der Waals surface area contributed by atoms with Crippen LogP contribution in [0.15, 0.2) is 0 Å². The maximum atomic E-state index is 12.7. The Kier molecular flexibility index (Phi) is 3.35. The lowest BCUT2D eigenvalue weighted by Crippen LogP contribution is -2.33. The Labute approximate surface area is 88.2 Å². The van der Waals surface area contributed by atoms with Crippen LogP contribution in [-0.4, -0.2) is 7.27 Å². The molecule has 10 heteroatoms. The lowest BCUT2D eigenvalue weighted by molar-refractivity contribution is -0.143. The molecule has 0 bridgehead atoms. The summed E-state index contributed by atoms with van der Waals surface area (Å²) < 4.78 is 111. The molecule has 0 aliphatic rings. The van der Waals surface area contributed by atoms with Gasteiger partial charge in [0.05, 0.1) is 5.46 Å². The summed E-state index contributed by atoms with van der Waals surface area (Å²) in [5.74, 6) is -11.3. The Hall–Kier alpha value is -1.35. The molecule has 0 spiro atoms. The molecule has 0 fully saturated rings. The van der Waals surface area contributed by atoms with Gasteiger partial charge in [-0.1, -0.05) is 0 Å². The second-order valence-corrected chi connectivity index (χ2v) is 2.84. The molecule has 0 saturated heterocycles. The van der Waals surface area contributed by atoms with Crippen molar-refractivity contribution in [3.8, 4) is 0 Å². The van der Waals surface area contributed by atoms with Crippen LogP contribution in [0.1, 0.15) is 5.56 Å². The highest BCUT2D eigenvalue weighted by molar-refractivity contribution is 6.60. The SMILES string of the molecule is FB(F)c1c(F)c(F)c(C(F)(F)F)c(F)c1F. The van der Waals surface area contributed by atoms with E-state index in [1.54, 1.807) is 0 Å². The Morgan fingerprint density at radius 1 is 0.706 bits per heavy atom. The molecule has 94 valence electrons. The van der Waals surface area contributed by atoms with E-state index in [2.05, 4.69) is 0 Å². The second kappa shape index (κ2) is 4.15. The fourth-order valence-corrected chi connectivity index (χ4v) is 1.09. The van der Waals surface area contributed by atoms with Gasteiger partial charge < -0.3 is 0 Å². The minimum Gasteiger partial charge on any atom is -0.281 e. The minimum absolute atomic E-state index is 2.37. The molecule has 0 heterocycles. The molecule has 0 atom stereocenters. The fraction of sp³-hybridized carbons (Fsp3) is 0.143. The van der Waals surface area contributed by atoms with Gasteiger partial charge in [0.25, 0.3) is 0 Å². The topological polar surface area (TPSA) is 0 Å². The van der Waals surface area contributed by atoms with E-state index in [1.807, 2.05) is 0 Å². The maximum absolute atomic E-state index is 12.7. The monoisotopic (exact) mass is 266 g/mol. The zero-order valence-electron chi connectivity index (χ0n) is 7.48. The van der Waals surface area contributed by atoms with Gasteiger partial charge in [-0.15, -0.1) is 0 Å². The Morgan fingerprint density at radius 2 is 1.06 bits per heavy atom. The summed E-state index contributed by atoms with van der Waals surface area (Å²) in [5.41, 5.74) is -5.25. The predicted molar refractivity (Wildman–Crippen MR) is 38.9 cm³/mol. The van der Waals surface area contributed by atoms with Gasteiger partial charge in [0, 0.05) is 0 Å². The first kappa shape index (κ1) is 13.7. The summed E-state index contributed by atoms with van der Waals surface area (Å²) >= 11 is 0. The van der Waals surface area contributed by atoms with Gasteiger partial charge in [0.1, 0.15) is 5.56 Å². The van der Waals surface area contributed by atoms with Gasteiger partial charge in [0.2, 0.25) is 0 Å². The summed E-state index contributed by atoms with van der Waals surface area (Å²) in [6.07, 6.45) is -5.74. The molecule has 0 amide bonds. The van der Waals surface area contributed by atoms with Crippen LogP contribution in [0, 0.1) is 23.3 Å². The van der Waals surface area contributed by atoms with E-state index in [1.165, 1.54) is 0 Å². The molecular weight excluding hydrogens is 266 g/mol. The van der Waals surface area contributed by atoms with Crippen molar-refractivity contribution in [1.82, 2.24) is 0 Å². The maximum Gasteiger partial charge on any atom is 0.578 e. The Balaban J connectivity index is 3.71. The van der Waals surface area contributed by atoms with E-state index in [0.717, 1.165) is 0 Å². The largest absolute Gasteiger partial charge is 0.578 e. The molecule has 17 heavy (non-hydrogen) atoms. The lowest BCUT2D eigenvalue weighted by atomic mass is 9.83. The van der Waals surface area contributed by atoms with Crippen molar-refractivity contribution >= 4 is 12.7 Å². The van der Waals surface area contributed by atoms with Crippen LogP contribution in [0.3, 0.4) is 0 Å². The van der Waals surface area contributed by atoms with Crippen molar-refractivity contribution in [2.75, 3.05) is 0 Å². The molecule has 1 aromatic carbocycles. The first-order chi connectivity index (χ1) is 7.59. The molecule has 0 N–H and O–H groups in total. The van der Waals surface area contributed by atoms with Crippen LogP contribution in [-0.2, 0) is 6.18 Å². The van der Waals surface area contributed by atoms with E-state index in [0.29, 0.717) is 0 Å². The van der Waals surface area contributed by atoms with Gasteiger partial charge in [-0.05, 0) is 0 Å². The molecule has 0 nitrogen and oxygen atoms in total. The number of rotatable bonds is 1. The average molecular weight is 266 g/mol. The summed E-state index contributed by atoms with van der Waals surface area (Å²) in [7, 11) is -3.98. The van der Waals surface area contributed by atoms with Crippen LogP contribution in [0.4, 0.5) is 39.4 Å². The summed E-state index contributed by atoms with van der Waals surface area (Å²) in [4.78, 5) is 0. The molecule has 0 radical (unpaired) electrons. The van der Waals surface area contributed by atoms with Crippen molar-refractivity contribution in [3.05, 3.63) is 28.8 Å². The number of hydrogen-bond acceptors (Lipinski definition) is 0. The molecule has 1 rings (SSSR count). The molecule has 0 aliphatic heterocycles. The first-order valence-electron chi connectivity index (χ1n) is 3.80. The highest BCUT2D eigenvalue weighted by Gasteiger charge is 2.44. The van der Waals surface area contributed by atoms with E-state index in [-0.39, 0.29) is 0 Å². The second-order valence-electron chi connectivity index (χ2n) is 2.84. The lowest BCUT2D eigenvalue weighted by Gasteiger charge is -2.12. The normalized spacial score (nSPS) is 11.8. The first-order valence-corrected chi connectivity index (χ1v) is 3.80. The quantitative estimate of drug-likeness (QED) is 0.416. The summed E-state index contributed by atoms with van der Waals surface area (Å²) in [6, 6.07) is 0. The molecule has 0 saturated carbocycles. The van der Waals surface area contributed by atoms with Crippen molar-refractivity contribution in [3.63, 3.8) is 0 Å². The molecule has 0 aliphatic carbocycles. The van der Waals surface area contributed by atoms with Gasteiger partial charge in [-0.3, -0.25) is 8.63 Å². The molecule has 1 aromatic rings. The highest BCUT2D eigenvalue weighted by atomic mass is 19.4. The third kappa shape index (κ3) is 2.20. The standard InChI is InChI=1S/C7BF9/c9-3-1(7(13,14)15)4(10)6(12)2(5(3)11)8(16)17. The Morgan fingerprint density at radius 3 is 1.29 bits per heavy atom. The Bertz CT molecular complexity index is 421. The van der Waals surface area contributed by atoms with E-state index in [9.17, 15) is 39.4 Å². The minimum atomic E-state index is -5.74. The fourth-order valence-electron chi connectivity index (χ4n) is 1.09. The van der Waals surface area contributed by atoms with Crippen LogP contribution < -0.4 is 5.46 Å². The van der Waals surface area contributed by atoms with Gasteiger partial charge >= 0.3 is 13.4 Å². The van der Waals surface area contributed by atoms with Crippen LogP contribution >= 0.6 is 0 Å². The van der Waals surface area contributed by atoms with Crippen LogP contribution in [0.25, 0.3) is 0 Å². The molecule has 0 unspecified atom stereocenters. The van der Waals surface area contributed by atoms with Crippen molar-refractivity contribution in [2.45, 2.75) is 6.18 Å². The van der Waals surface area contributed by atoms with E-state index in [4.69, 9.17) is 0 Å². The summed E-state index contributed by atoms with van der Waals surface area (Å²) in [5, 5.41) is 0. The number of halogens is 9. The molecular formula is C7BF9. The number of hydrogen-bond donors (Lipinski definition) is 0. The third-order valence-electron chi connectivity index (χ3n) is 1.80. The van der Waals surface area contributed by atoms with Crippen molar-refractivity contribution < 1.29 is 39.4 Å². The zero-order chi connectivity index (χ0) is 13.5. The van der Waals surface area contributed by atoms with Crippen LogP contribution in [0.2, 0.25) is 0 Å². The number of benzene rings is 1. The van der Waals surface area contributed by atoms with Crippen molar-refractivity contribution in [1.29, 1.82) is 0 Å². The van der Waals surface area contributed by atoms with Gasteiger partial charge in [-0.2, -0.15) is 13.2 Å². The third-order valence-corrected chi connectivity index (χ3v) is 1.80. The predicted octanol–water partition coefficient (Wildman–Crippen LogP) is 2.90. The number of alkyl halides is 3.